The molecule has 0 fully saturated rings. The Balaban J connectivity index is 2.25. The maximum Gasteiger partial charge on any atom is 0.128 e. The van der Waals surface area contributed by atoms with Crippen molar-refractivity contribution in [3.63, 3.8) is 0 Å². The van der Waals surface area contributed by atoms with Gasteiger partial charge < -0.3 is 4.57 Å². The van der Waals surface area contributed by atoms with Crippen LogP contribution in [0.3, 0.4) is 0 Å². The molecule has 2 nitrogen and oxygen atoms in total. The molecule has 4 heteroatoms. The lowest BCUT2D eigenvalue weighted by Crippen LogP contribution is -2.10. The number of imidazole rings is 1. The minimum Gasteiger partial charge on any atom is -0.319 e. The van der Waals surface area contributed by atoms with Crippen molar-refractivity contribution in [1.82, 2.24) is 9.55 Å². The Kier molecular flexibility index (Phi) is 3.57. The Labute approximate surface area is 128 Å². The van der Waals surface area contributed by atoms with Crippen LogP contribution in [0, 0.1) is 6.92 Å². The predicted octanol–water partition coefficient (Wildman–Crippen LogP) is 5.32. The average Bonchev–Trinajstić information content (AvgIpc) is 3.04. The Morgan fingerprint density at radius 2 is 2.05 bits per heavy atom. The minimum atomic E-state index is -0.108. The number of aromatic nitrogens is 2. The number of nitrogens with zero attached hydrogens (tertiary/aromatic N) is 2. The highest BCUT2D eigenvalue weighted by molar-refractivity contribution is 7.07. The SMILES string of the molecule is Cc1ccc2nc(C(C)Cl)n(C(C)c3ccsc3)c2c1. The van der Waals surface area contributed by atoms with Crippen LogP contribution in [0.5, 0.6) is 0 Å². The second kappa shape index (κ2) is 5.23. The summed E-state index contributed by atoms with van der Waals surface area (Å²) in [5.41, 5.74) is 4.71. The molecule has 0 amide bonds. The fourth-order valence-corrected chi connectivity index (χ4v) is 3.47. The van der Waals surface area contributed by atoms with Crippen molar-refractivity contribution in [3.05, 3.63) is 52.0 Å². The van der Waals surface area contributed by atoms with Crippen molar-refractivity contribution in [2.45, 2.75) is 32.2 Å². The Hall–Kier alpha value is -1.32. The summed E-state index contributed by atoms with van der Waals surface area (Å²) in [6, 6.07) is 8.76. The molecule has 0 N–H and O–H groups in total. The molecule has 0 bridgehead atoms. The van der Waals surface area contributed by atoms with E-state index >= 15 is 0 Å². The first-order valence-corrected chi connectivity index (χ1v) is 8.10. The molecular weight excluding hydrogens is 288 g/mol. The fourth-order valence-electron chi connectivity index (χ4n) is 2.57. The molecule has 2 unspecified atom stereocenters. The van der Waals surface area contributed by atoms with E-state index in [1.165, 1.54) is 11.1 Å². The van der Waals surface area contributed by atoms with E-state index in [1.54, 1.807) is 11.3 Å². The summed E-state index contributed by atoms with van der Waals surface area (Å²) >= 11 is 8.07. The van der Waals surface area contributed by atoms with Crippen molar-refractivity contribution in [3.8, 4) is 0 Å². The van der Waals surface area contributed by atoms with Crippen molar-refractivity contribution < 1.29 is 0 Å². The predicted molar refractivity (Wildman–Crippen MR) is 86.9 cm³/mol. The van der Waals surface area contributed by atoms with Gasteiger partial charge in [0.1, 0.15) is 5.82 Å². The van der Waals surface area contributed by atoms with Gasteiger partial charge in [0.25, 0.3) is 0 Å². The minimum absolute atomic E-state index is 0.108. The largest absolute Gasteiger partial charge is 0.319 e. The van der Waals surface area contributed by atoms with Gasteiger partial charge in [0, 0.05) is 0 Å². The molecule has 0 aliphatic carbocycles. The normalized spacial score (nSPS) is 14.6. The fraction of sp³-hybridized carbons (Fsp3) is 0.312. The zero-order valence-corrected chi connectivity index (χ0v) is 13.4. The van der Waals surface area contributed by atoms with E-state index in [1.807, 2.05) is 6.92 Å². The zero-order valence-electron chi connectivity index (χ0n) is 11.8. The van der Waals surface area contributed by atoms with Gasteiger partial charge in [-0.1, -0.05) is 6.07 Å². The first-order chi connectivity index (χ1) is 9.58. The topological polar surface area (TPSA) is 17.8 Å². The highest BCUT2D eigenvalue weighted by Gasteiger charge is 2.20. The van der Waals surface area contributed by atoms with Crippen LogP contribution in [-0.2, 0) is 0 Å². The van der Waals surface area contributed by atoms with Crippen molar-refractivity contribution in [2.75, 3.05) is 0 Å². The van der Waals surface area contributed by atoms with Crippen LogP contribution in [0.25, 0.3) is 11.0 Å². The molecule has 0 saturated carbocycles. The number of rotatable bonds is 3. The molecule has 1 aromatic carbocycles. The number of alkyl halides is 1. The Bertz CT molecular complexity index is 728. The smallest absolute Gasteiger partial charge is 0.128 e. The van der Waals surface area contributed by atoms with Gasteiger partial charge in [0.05, 0.1) is 22.5 Å². The second-order valence-electron chi connectivity index (χ2n) is 5.18. The number of hydrogen-bond donors (Lipinski definition) is 0. The molecule has 0 aliphatic heterocycles. The van der Waals surface area contributed by atoms with E-state index in [2.05, 4.69) is 53.4 Å². The second-order valence-corrected chi connectivity index (χ2v) is 6.62. The third-order valence-corrected chi connectivity index (χ3v) is 4.54. The maximum absolute atomic E-state index is 6.34. The van der Waals surface area contributed by atoms with Crippen LogP contribution in [0.1, 0.15) is 42.2 Å². The van der Waals surface area contributed by atoms with Gasteiger partial charge in [-0.15, -0.1) is 11.6 Å². The van der Waals surface area contributed by atoms with Gasteiger partial charge in [-0.05, 0) is 60.9 Å². The monoisotopic (exact) mass is 304 g/mol. The molecule has 104 valence electrons. The first-order valence-electron chi connectivity index (χ1n) is 6.72. The van der Waals surface area contributed by atoms with Crippen LogP contribution in [0.15, 0.2) is 35.0 Å². The molecule has 2 atom stereocenters. The molecule has 3 aromatic rings. The van der Waals surface area contributed by atoms with Gasteiger partial charge in [0.2, 0.25) is 0 Å². The van der Waals surface area contributed by atoms with Crippen LogP contribution in [-0.4, -0.2) is 9.55 Å². The lowest BCUT2D eigenvalue weighted by Gasteiger charge is -2.18. The van der Waals surface area contributed by atoms with Crippen LogP contribution >= 0.6 is 22.9 Å². The highest BCUT2D eigenvalue weighted by atomic mass is 35.5. The number of halogens is 1. The van der Waals surface area contributed by atoms with Crippen LogP contribution in [0.2, 0.25) is 0 Å². The van der Waals surface area contributed by atoms with Crippen molar-refractivity contribution in [1.29, 1.82) is 0 Å². The van der Waals surface area contributed by atoms with Gasteiger partial charge >= 0.3 is 0 Å². The maximum atomic E-state index is 6.34. The van der Waals surface area contributed by atoms with E-state index in [0.717, 1.165) is 16.9 Å². The summed E-state index contributed by atoms with van der Waals surface area (Å²) in [6.45, 7) is 6.29. The average molecular weight is 305 g/mol. The van der Waals surface area contributed by atoms with E-state index in [9.17, 15) is 0 Å². The van der Waals surface area contributed by atoms with E-state index in [-0.39, 0.29) is 11.4 Å². The molecule has 2 heterocycles. The van der Waals surface area contributed by atoms with Gasteiger partial charge in [-0.25, -0.2) is 4.98 Å². The summed E-state index contributed by atoms with van der Waals surface area (Å²) < 4.78 is 2.27. The van der Waals surface area contributed by atoms with Crippen molar-refractivity contribution >= 4 is 34.0 Å². The Morgan fingerprint density at radius 3 is 2.70 bits per heavy atom. The lowest BCUT2D eigenvalue weighted by atomic mass is 10.1. The first kappa shape index (κ1) is 13.7. The van der Waals surface area contributed by atoms with E-state index < -0.39 is 0 Å². The number of fused-ring (bicyclic) bond motifs is 1. The molecule has 3 rings (SSSR count). The van der Waals surface area contributed by atoms with E-state index in [0.29, 0.717) is 0 Å². The summed E-state index contributed by atoms with van der Waals surface area (Å²) in [5, 5.41) is 4.19. The third-order valence-electron chi connectivity index (χ3n) is 3.64. The zero-order chi connectivity index (χ0) is 14.3. The van der Waals surface area contributed by atoms with Gasteiger partial charge in [-0.2, -0.15) is 11.3 Å². The van der Waals surface area contributed by atoms with Gasteiger partial charge in [0.15, 0.2) is 0 Å². The molecule has 0 aliphatic rings. The van der Waals surface area contributed by atoms with Crippen LogP contribution in [0.4, 0.5) is 0 Å². The standard InChI is InChI=1S/C16H17ClN2S/c1-10-4-5-14-15(8-10)19(16(18-14)11(2)17)12(3)13-6-7-20-9-13/h4-9,11-12H,1-3H3. The van der Waals surface area contributed by atoms with Crippen LogP contribution < -0.4 is 0 Å². The third kappa shape index (κ3) is 2.25. The summed E-state index contributed by atoms with van der Waals surface area (Å²) in [4.78, 5) is 4.72. The number of benzene rings is 1. The van der Waals surface area contributed by atoms with E-state index in [4.69, 9.17) is 16.6 Å². The number of hydrogen-bond acceptors (Lipinski definition) is 2. The van der Waals surface area contributed by atoms with Crippen molar-refractivity contribution in [2.24, 2.45) is 0 Å². The molecule has 2 aromatic heterocycles. The molecule has 0 spiro atoms. The molecule has 20 heavy (non-hydrogen) atoms. The molecule has 0 radical (unpaired) electrons. The lowest BCUT2D eigenvalue weighted by molar-refractivity contribution is 0.620. The quantitative estimate of drug-likeness (QED) is 0.599. The molecular formula is C16H17ClN2S. The summed E-state index contributed by atoms with van der Waals surface area (Å²) in [5.74, 6) is 0.936. The molecule has 0 saturated heterocycles. The number of aryl methyl sites for hydroxylation is 1. The Morgan fingerprint density at radius 1 is 1.25 bits per heavy atom. The highest BCUT2D eigenvalue weighted by Crippen LogP contribution is 2.32. The number of thiophene rings is 1. The van der Waals surface area contributed by atoms with Gasteiger partial charge in [-0.3, -0.25) is 0 Å². The summed E-state index contributed by atoms with van der Waals surface area (Å²) in [6.07, 6.45) is 0. The summed E-state index contributed by atoms with van der Waals surface area (Å²) in [7, 11) is 0.